The average molecular weight is 348 g/mol. The van der Waals surface area contributed by atoms with E-state index in [0.29, 0.717) is 23.6 Å². The third-order valence-electron chi connectivity index (χ3n) is 4.55. The first-order valence-corrected chi connectivity index (χ1v) is 8.90. The normalized spacial score (nSPS) is 14.5. The highest BCUT2D eigenvalue weighted by molar-refractivity contribution is 5.93. The van der Waals surface area contributed by atoms with Crippen LogP contribution in [0.2, 0.25) is 0 Å². The van der Waals surface area contributed by atoms with Crippen molar-refractivity contribution in [3.8, 4) is 5.88 Å². The average Bonchev–Trinajstić information content (AvgIpc) is 3.20. The SMILES string of the molecule is O=C(NCc1cccnc1OC1CCCC1)c1cnc2ccccc2n1. The first kappa shape index (κ1) is 16.4. The van der Waals surface area contributed by atoms with Crippen LogP contribution in [0.1, 0.15) is 41.7 Å². The first-order valence-electron chi connectivity index (χ1n) is 8.90. The molecule has 6 nitrogen and oxygen atoms in total. The molecule has 0 spiro atoms. The number of hydrogen-bond acceptors (Lipinski definition) is 5. The van der Waals surface area contributed by atoms with Crippen molar-refractivity contribution in [3.05, 3.63) is 60.0 Å². The molecule has 1 saturated carbocycles. The molecule has 2 heterocycles. The van der Waals surface area contributed by atoms with Gasteiger partial charge in [-0.3, -0.25) is 9.78 Å². The number of amides is 1. The lowest BCUT2D eigenvalue weighted by atomic mass is 10.2. The van der Waals surface area contributed by atoms with E-state index in [2.05, 4.69) is 20.3 Å². The Bertz CT molecular complexity index is 922. The van der Waals surface area contributed by atoms with Gasteiger partial charge < -0.3 is 10.1 Å². The van der Waals surface area contributed by atoms with Gasteiger partial charge in [0.25, 0.3) is 5.91 Å². The number of hydrogen-bond donors (Lipinski definition) is 1. The van der Waals surface area contributed by atoms with E-state index in [9.17, 15) is 4.79 Å². The summed E-state index contributed by atoms with van der Waals surface area (Å²) >= 11 is 0. The van der Waals surface area contributed by atoms with Crippen LogP contribution in [-0.4, -0.2) is 27.0 Å². The summed E-state index contributed by atoms with van der Waals surface area (Å²) in [5.41, 5.74) is 2.63. The number of aromatic nitrogens is 3. The van der Waals surface area contributed by atoms with Gasteiger partial charge in [0.15, 0.2) is 0 Å². The lowest BCUT2D eigenvalue weighted by Crippen LogP contribution is -2.25. The third-order valence-corrected chi connectivity index (χ3v) is 4.55. The molecule has 0 radical (unpaired) electrons. The molecule has 3 aromatic rings. The number of fused-ring (bicyclic) bond motifs is 1. The van der Waals surface area contributed by atoms with Gasteiger partial charge in [-0.05, 0) is 43.9 Å². The summed E-state index contributed by atoms with van der Waals surface area (Å²) in [6.07, 6.45) is 7.96. The number of nitrogens with zero attached hydrogens (tertiary/aromatic N) is 3. The molecule has 1 aromatic carbocycles. The van der Waals surface area contributed by atoms with Crippen LogP contribution in [0, 0.1) is 0 Å². The van der Waals surface area contributed by atoms with Crippen LogP contribution in [0.4, 0.5) is 0 Å². The summed E-state index contributed by atoms with van der Waals surface area (Å²) in [5, 5.41) is 2.88. The van der Waals surface area contributed by atoms with Crippen molar-refractivity contribution < 1.29 is 9.53 Å². The molecule has 4 rings (SSSR count). The Balaban J connectivity index is 1.45. The minimum atomic E-state index is -0.265. The molecule has 1 N–H and O–H groups in total. The Morgan fingerprint density at radius 1 is 1.08 bits per heavy atom. The van der Waals surface area contributed by atoms with Crippen LogP contribution in [0.15, 0.2) is 48.8 Å². The molecular weight excluding hydrogens is 328 g/mol. The Hall–Kier alpha value is -3.02. The zero-order chi connectivity index (χ0) is 17.8. The van der Waals surface area contributed by atoms with E-state index < -0.39 is 0 Å². The fraction of sp³-hybridized carbons (Fsp3) is 0.300. The second-order valence-electron chi connectivity index (χ2n) is 6.42. The van der Waals surface area contributed by atoms with Gasteiger partial charge in [-0.2, -0.15) is 0 Å². The van der Waals surface area contributed by atoms with Gasteiger partial charge in [-0.1, -0.05) is 18.2 Å². The van der Waals surface area contributed by atoms with E-state index in [1.807, 2.05) is 36.4 Å². The summed E-state index contributed by atoms with van der Waals surface area (Å²) in [6, 6.07) is 11.2. The summed E-state index contributed by atoms with van der Waals surface area (Å²) in [4.78, 5) is 25.4. The molecule has 0 unspecified atom stereocenters. The van der Waals surface area contributed by atoms with Gasteiger partial charge in [0.2, 0.25) is 5.88 Å². The molecule has 26 heavy (non-hydrogen) atoms. The Morgan fingerprint density at radius 3 is 2.73 bits per heavy atom. The van der Waals surface area contributed by atoms with Crippen LogP contribution in [-0.2, 0) is 6.54 Å². The van der Waals surface area contributed by atoms with Crippen molar-refractivity contribution in [1.82, 2.24) is 20.3 Å². The number of pyridine rings is 1. The number of benzene rings is 1. The number of rotatable bonds is 5. The van der Waals surface area contributed by atoms with Crippen molar-refractivity contribution >= 4 is 16.9 Å². The van der Waals surface area contributed by atoms with E-state index in [4.69, 9.17) is 4.74 Å². The van der Waals surface area contributed by atoms with E-state index in [0.717, 1.165) is 23.9 Å². The summed E-state index contributed by atoms with van der Waals surface area (Å²) in [7, 11) is 0. The molecular formula is C20H20N4O2. The molecule has 0 saturated heterocycles. The van der Waals surface area contributed by atoms with Crippen LogP contribution < -0.4 is 10.1 Å². The van der Waals surface area contributed by atoms with Gasteiger partial charge in [-0.25, -0.2) is 9.97 Å². The summed E-state index contributed by atoms with van der Waals surface area (Å²) in [5.74, 6) is 0.336. The van der Waals surface area contributed by atoms with Crippen LogP contribution >= 0.6 is 0 Å². The lowest BCUT2D eigenvalue weighted by Gasteiger charge is -2.15. The summed E-state index contributed by atoms with van der Waals surface area (Å²) in [6.45, 7) is 0.337. The number of carbonyl (C=O) groups is 1. The Kier molecular flexibility index (Phi) is 4.73. The van der Waals surface area contributed by atoms with Crippen molar-refractivity contribution in [1.29, 1.82) is 0 Å². The smallest absolute Gasteiger partial charge is 0.271 e. The minimum absolute atomic E-state index is 0.228. The van der Waals surface area contributed by atoms with Crippen molar-refractivity contribution in [3.63, 3.8) is 0 Å². The fourth-order valence-corrected chi connectivity index (χ4v) is 3.16. The second kappa shape index (κ2) is 7.47. The first-order chi connectivity index (χ1) is 12.8. The van der Waals surface area contributed by atoms with Crippen molar-refractivity contribution in [2.24, 2.45) is 0 Å². The number of para-hydroxylation sites is 2. The highest BCUT2D eigenvalue weighted by Gasteiger charge is 2.19. The zero-order valence-electron chi connectivity index (χ0n) is 14.4. The monoisotopic (exact) mass is 348 g/mol. The maximum atomic E-state index is 12.4. The molecule has 1 fully saturated rings. The van der Waals surface area contributed by atoms with Crippen LogP contribution in [0.5, 0.6) is 5.88 Å². The van der Waals surface area contributed by atoms with Crippen LogP contribution in [0.3, 0.4) is 0 Å². The lowest BCUT2D eigenvalue weighted by molar-refractivity contribution is 0.0945. The van der Waals surface area contributed by atoms with Gasteiger partial charge in [0, 0.05) is 18.3 Å². The van der Waals surface area contributed by atoms with E-state index in [-0.39, 0.29) is 12.0 Å². The van der Waals surface area contributed by atoms with Crippen molar-refractivity contribution in [2.45, 2.75) is 38.3 Å². The topological polar surface area (TPSA) is 77.0 Å². The number of carbonyl (C=O) groups excluding carboxylic acids is 1. The predicted molar refractivity (Wildman–Crippen MR) is 97.8 cm³/mol. The molecule has 6 heteroatoms. The van der Waals surface area contributed by atoms with Crippen LogP contribution in [0.25, 0.3) is 11.0 Å². The van der Waals surface area contributed by atoms with Crippen molar-refractivity contribution in [2.75, 3.05) is 0 Å². The Morgan fingerprint density at radius 2 is 1.88 bits per heavy atom. The maximum Gasteiger partial charge on any atom is 0.271 e. The largest absolute Gasteiger partial charge is 0.474 e. The minimum Gasteiger partial charge on any atom is -0.474 e. The van der Waals surface area contributed by atoms with Gasteiger partial charge in [0.05, 0.1) is 17.2 Å². The highest BCUT2D eigenvalue weighted by Crippen LogP contribution is 2.25. The van der Waals surface area contributed by atoms with Gasteiger partial charge >= 0.3 is 0 Å². The number of ether oxygens (including phenoxy) is 1. The van der Waals surface area contributed by atoms with Gasteiger partial charge in [0.1, 0.15) is 11.8 Å². The third kappa shape index (κ3) is 3.64. The standard InChI is InChI=1S/C20H20N4O2/c25-19(18-13-22-16-9-3-4-10-17(16)24-18)23-12-14-6-5-11-21-20(14)26-15-7-1-2-8-15/h3-6,9-11,13,15H,1-2,7-8,12H2,(H,23,25). The molecule has 0 atom stereocenters. The molecule has 1 aliphatic carbocycles. The van der Waals surface area contributed by atoms with Gasteiger partial charge in [-0.15, -0.1) is 0 Å². The molecule has 2 aromatic heterocycles. The molecule has 0 bridgehead atoms. The predicted octanol–water partition coefficient (Wildman–Crippen LogP) is 3.28. The number of nitrogens with one attached hydrogen (secondary N) is 1. The quantitative estimate of drug-likeness (QED) is 0.766. The Labute approximate surface area is 151 Å². The highest BCUT2D eigenvalue weighted by atomic mass is 16.5. The van der Waals surface area contributed by atoms with E-state index in [1.165, 1.54) is 19.0 Å². The molecule has 1 amide bonds. The molecule has 1 aliphatic rings. The fourth-order valence-electron chi connectivity index (χ4n) is 3.16. The zero-order valence-corrected chi connectivity index (χ0v) is 14.4. The van der Waals surface area contributed by atoms with E-state index >= 15 is 0 Å². The summed E-state index contributed by atoms with van der Waals surface area (Å²) < 4.78 is 6.01. The molecule has 0 aliphatic heterocycles. The second-order valence-corrected chi connectivity index (χ2v) is 6.42. The maximum absolute atomic E-state index is 12.4. The molecule has 132 valence electrons. The van der Waals surface area contributed by atoms with E-state index in [1.54, 1.807) is 6.20 Å².